The van der Waals surface area contributed by atoms with Crippen LogP contribution in [0.25, 0.3) is 11.3 Å². The van der Waals surface area contributed by atoms with E-state index in [-0.39, 0.29) is 5.75 Å². The molecule has 0 spiro atoms. The molecule has 0 bridgehead atoms. The van der Waals surface area contributed by atoms with E-state index in [1.54, 1.807) is 23.9 Å². The predicted molar refractivity (Wildman–Crippen MR) is 69.1 cm³/mol. The van der Waals surface area contributed by atoms with Gasteiger partial charge >= 0.3 is 6.61 Å². The number of alkyl halides is 2. The molecule has 19 heavy (non-hydrogen) atoms. The number of aryl methyl sites for hydroxylation is 1. The molecule has 4 nitrogen and oxygen atoms in total. The van der Waals surface area contributed by atoms with Crippen LogP contribution in [0.15, 0.2) is 24.3 Å². The maximum atomic E-state index is 12.2. The van der Waals surface area contributed by atoms with Crippen LogP contribution >= 0.6 is 0 Å². The number of nitrogens with zero attached hydrogens (tertiary/aromatic N) is 2. The Morgan fingerprint density at radius 2 is 2.16 bits per heavy atom. The molecule has 0 fully saturated rings. The van der Waals surface area contributed by atoms with Gasteiger partial charge in [0, 0.05) is 18.2 Å². The molecule has 2 aromatic rings. The van der Waals surface area contributed by atoms with Crippen LogP contribution in [0.5, 0.6) is 5.75 Å². The first-order valence-corrected chi connectivity index (χ1v) is 5.89. The highest BCUT2D eigenvalue weighted by Gasteiger charge is 2.15. The van der Waals surface area contributed by atoms with E-state index in [4.69, 9.17) is 5.73 Å². The van der Waals surface area contributed by atoms with Crippen LogP contribution in [0.4, 0.5) is 14.6 Å². The summed E-state index contributed by atoms with van der Waals surface area (Å²) in [6.07, 6.45) is 0.717. The van der Waals surface area contributed by atoms with Crippen LogP contribution in [0, 0.1) is 0 Å². The Bertz CT molecular complexity index is 581. The van der Waals surface area contributed by atoms with E-state index in [1.165, 1.54) is 12.1 Å². The van der Waals surface area contributed by atoms with Gasteiger partial charge in [0.1, 0.15) is 11.6 Å². The highest BCUT2D eigenvalue weighted by Crippen LogP contribution is 2.29. The lowest BCUT2D eigenvalue weighted by atomic mass is 10.1. The Hall–Kier alpha value is -2.11. The Labute approximate surface area is 109 Å². The van der Waals surface area contributed by atoms with Gasteiger partial charge in [-0.3, -0.25) is 4.68 Å². The molecular weight excluding hydrogens is 252 g/mol. The molecule has 1 aromatic heterocycles. The Morgan fingerprint density at radius 3 is 2.79 bits per heavy atom. The minimum Gasteiger partial charge on any atom is -0.435 e. The van der Waals surface area contributed by atoms with Gasteiger partial charge in [-0.1, -0.05) is 19.1 Å². The van der Waals surface area contributed by atoms with Crippen molar-refractivity contribution in [2.75, 3.05) is 5.73 Å². The van der Waals surface area contributed by atoms with E-state index in [0.717, 1.165) is 12.0 Å². The van der Waals surface area contributed by atoms with Crippen molar-refractivity contribution in [2.24, 2.45) is 7.05 Å². The van der Waals surface area contributed by atoms with E-state index in [2.05, 4.69) is 9.84 Å². The molecule has 2 rings (SSSR count). The van der Waals surface area contributed by atoms with E-state index in [0.29, 0.717) is 17.1 Å². The van der Waals surface area contributed by atoms with Crippen molar-refractivity contribution in [1.29, 1.82) is 0 Å². The zero-order chi connectivity index (χ0) is 14.0. The van der Waals surface area contributed by atoms with Gasteiger partial charge in [-0.25, -0.2) is 0 Å². The molecule has 0 radical (unpaired) electrons. The lowest BCUT2D eigenvalue weighted by molar-refractivity contribution is -0.0498. The second kappa shape index (κ2) is 5.26. The number of hydrogen-bond donors (Lipinski definition) is 1. The fraction of sp³-hybridized carbons (Fsp3) is 0.308. The van der Waals surface area contributed by atoms with Crippen molar-refractivity contribution in [3.63, 3.8) is 0 Å². The highest BCUT2D eigenvalue weighted by molar-refractivity contribution is 5.69. The summed E-state index contributed by atoms with van der Waals surface area (Å²) in [5.74, 6) is 0.691. The minimum atomic E-state index is -2.84. The van der Waals surface area contributed by atoms with Gasteiger partial charge in [0.25, 0.3) is 0 Å². The molecular formula is C13H15F2N3O. The highest BCUT2D eigenvalue weighted by atomic mass is 19.3. The van der Waals surface area contributed by atoms with Crippen molar-refractivity contribution >= 4 is 5.82 Å². The topological polar surface area (TPSA) is 53.1 Å². The largest absolute Gasteiger partial charge is 0.435 e. The molecule has 1 heterocycles. The smallest absolute Gasteiger partial charge is 0.387 e. The minimum absolute atomic E-state index is 0.110. The number of halogens is 2. The molecule has 0 unspecified atom stereocenters. The molecule has 0 aliphatic rings. The van der Waals surface area contributed by atoms with Crippen LogP contribution in [-0.4, -0.2) is 16.4 Å². The lowest BCUT2D eigenvalue weighted by Gasteiger charge is -2.06. The molecule has 0 aliphatic heterocycles. The third-order valence-corrected chi connectivity index (χ3v) is 2.88. The molecule has 2 N–H and O–H groups in total. The molecule has 0 aliphatic carbocycles. The maximum Gasteiger partial charge on any atom is 0.387 e. The quantitative estimate of drug-likeness (QED) is 0.926. The van der Waals surface area contributed by atoms with Crippen LogP contribution in [0.1, 0.15) is 12.5 Å². The van der Waals surface area contributed by atoms with Crippen molar-refractivity contribution in [3.05, 3.63) is 29.8 Å². The average molecular weight is 267 g/mol. The summed E-state index contributed by atoms with van der Waals surface area (Å²) in [6.45, 7) is -0.870. The van der Waals surface area contributed by atoms with Crippen LogP contribution in [0.2, 0.25) is 0 Å². The second-order valence-corrected chi connectivity index (χ2v) is 4.10. The number of benzene rings is 1. The Balaban J connectivity index is 2.44. The zero-order valence-electron chi connectivity index (χ0n) is 10.7. The van der Waals surface area contributed by atoms with E-state index in [9.17, 15) is 8.78 Å². The van der Waals surface area contributed by atoms with Crippen LogP contribution in [-0.2, 0) is 13.5 Å². The summed E-state index contributed by atoms with van der Waals surface area (Å²) in [5.41, 5.74) is 8.23. The number of hydrogen-bond acceptors (Lipinski definition) is 3. The first-order chi connectivity index (χ1) is 9.02. The summed E-state index contributed by atoms with van der Waals surface area (Å²) in [4.78, 5) is 0. The number of nitrogen functional groups attached to an aromatic ring is 1. The van der Waals surface area contributed by atoms with Crippen LogP contribution < -0.4 is 10.5 Å². The summed E-state index contributed by atoms with van der Waals surface area (Å²) in [5, 5.41) is 4.32. The predicted octanol–water partition coefficient (Wildman–Crippen LogP) is 2.83. The molecule has 6 heteroatoms. The van der Waals surface area contributed by atoms with Crippen molar-refractivity contribution in [2.45, 2.75) is 20.0 Å². The van der Waals surface area contributed by atoms with Gasteiger partial charge in [0.2, 0.25) is 0 Å². The van der Waals surface area contributed by atoms with E-state index in [1.807, 2.05) is 6.92 Å². The Morgan fingerprint density at radius 1 is 1.42 bits per heavy atom. The fourth-order valence-corrected chi connectivity index (χ4v) is 1.98. The molecule has 0 amide bonds. The van der Waals surface area contributed by atoms with Crippen molar-refractivity contribution < 1.29 is 13.5 Å². The molecule has 0 saturated carbocycles. The molecule has 0 saturated heterocycles. The van der Waals surface area contributed by atoms with E-state index < -0.39 is 6.61 Å². The number of nitrogens with two attached hydrogens (primary N) is 1. The number of ether oxygens (including phenoxy) is 1. The molecule has 102 valence electrons. The SMILES string of the molecule is CCc1c(-c2cccc(OC(F)F)c2)nn(C)c1N. The van der Waals surface area contributed by atoms with Crippen molar-refractivity contribution in [1.82, 2.24) is 9.78 Å². The first-order valence-electron chi connectivity index (χ1n) is 5.89. The monoisotopic (exact) mass is 267 g/mol. The third-order valence-electron chi connectivity index (χ3n) is 2.88. The summed E-state index contributed by atoms with van der Waals surface area (Å²) in [7, 11) is 1.75. The lowest BCUT2D eigenvalue weighted by Crippen LogP contribution is -2.01. The number of rotatable bonds is 4. The standard InChI is InChI=1S/C13H15F2N3O/c1-3-10-11(17-18(2)12(10)16)8-5-4-6-9(7-8)19-13(14)15/h4-7,13H,3,16H2,1-2H3. The number of anilines is 1. The summed E-state index contributed by atoms with van der Waals surface area (Å²) < 4.78 is 30.4. The zero-order valence-corrected chi connectivity index (χ0v) is 10.7. The molecule has 0 atom stereocenters. The van der Waals surface area contributed by atoms with Gasteiger partial charge in [-0.2, -0.15) is 13.9 Å². The normalized spacial score (nSPS) is 11.0. The fourth-order valence-electron chi connectivity index (χ4n) is 1.98. The Kier molecular flexibility index (Phi) is 3.69. The second-order valence-electron chi connectivity index (χ2n) is 4.10. The van der Waals surface area contributed by atoms with Gasteiger partial charge < -0.3 is 10.5 Å². The summed E-state index contributed by atoms with van der Waals surface area (Å²) >= 11 is 0. The number of aromatic nitrogens is 2. The maximum absolute atomic E-state index is 12.2. The van der Waals surface area contributed by atoms with E-state index >= 15 is 0 Å². The average Bonchev–Trinajstić information content (AvgIpc) is 2.65. The van der Waals surface area contributed by atoms with Crippen LogP contribution in [0.3, 0.4) is 0 Å². The summed E-state index contributed by atoms with van der Waals surface area (Å²) in [6, 6.07) is 6.46. The van der Waals surface area contributed by atoms with Gasteiger partial charge in [-0.15, -0.1) is 0 Å². The van der Waals surface area contributed by atoms with Crippen molar-refractivity contribution in [3.8, 4) is 17.0 Å². The third kappa shape index (κ3) is 2.67. The van der Waals surface area contributed by atoms with Gasteiger partial charge in [-0.05, 0) is 18.6 Å². The van der Waals surface area contributed by atoms with Gasteiger partial charge in [0.05, 0.1) is 5.69 Å². The first kappa shape index (κ1) is 13.3. The van der Waals surface area contributed by atoms with Gasteiger partial charge in [0.15, 0.2) is 0 Å². The molecule has 1 aromatic carbocycles.